The second-order valence-electron chi connectivity index (χ2n) is 6.12. The van der Waals surface area contributed by atoms with E-state index in [1.54, 1.807) is 0 Å². The Morgan fingerprint density at radius 2 is 2.19 bits per heavy atom. The first-order chi connectivity index (χ1) is 7.49. The molecule has 0 radical (unpaired) electrons. The van der Waals surface area contributed by atoms with Crippen LogP contribution in [-0.4, -0.2) is 23.0 Å². The minimum absolute atomic E-state index is 0.443. The van der Waals surface area contributed by atoms with E-state index < -0.39 is 0 Å². The first-order valence-corrected chi connectivity index (χ1v) is 7.34. The van der Waals surface area contributed by atoms with Crippen molar-refractivity contribution < 1.29 is 0 Å². The van der Waals surface area contributed by atoms with E-state index in [2.05, 4.69) is 38.0 Å². The molecule has 1 saturated carbocycles. The van der Waals surface area contributed by atoms with E-state index in [1.165, 1.54) is 24.4 Å². The van der Waals surface area contributed by atoms with Crippen LogP contribution in [0.1, 0.15) is 47.0 Å². The number of aliphatic imine (C=N–C) groups is 1. The van der Waals surface area contributed by atoms with Gasteiger partial charge >= 0.3 is 0 Å². The van der Waals surface area contributed by atoms with Gasteiger partial charge in [0.15, 0.2) is 5.17 Å². The van der Waals surface area contributed by atoms with Gasteiger partial charge in [0.1, 0.15) is 0 Å². The molecule has 0 aromatic rings. The van der Waals surface area contributed by atoms with Gasteiger partial charge in [-0.2, -0.15) is 0 Å². The van der Waals surface area contributed by atoms with Crippen LogP contribution in [0.4, 0.5) is 0 Å². The molecule has 16 heavy (non-hydrogen) atoms. The summed E-state index contributed by atoms with van der Waals surface area (Å²) in [6, 6.07) is 0.629. The van der Waals surface area contributed by atoms with E-state index >= 15 is 0 Å². The van der Waals surface area contributed by atoms with Crippen LogP contribution in [-0.2, 0) is 0 Å². The Bertz CT molecular complexity index is 284. The molecule has 92 valence electrons. The highest BCUT2D eigenvalue weighted by Crippen LogP contribution is 2.38. The van der Waals surface area contributed by atoms with Crippen molar-refractivity contribution in [2.75, 3.05) is 6.54 Å². The van der Waals surface area contributed by atoms with Gasteiger partial charge < -0.3 is 5.32 Å². The number of hydrogen-bond donors (Lipinski definition) is 1. The van der Waals surface area contributed by atoms with Gasteiger partial charge in [-0.25, -0.2) is 0 Å². The number of rotatable bonds is 2. The largest absolute Gasteiger partial charge is 0.362 e. The Labute approximate surface area is 104 Å². The molecule has 2 aliphatic rings. The summed E-state index contributed by atoms with van der Waals surface area (Å²) in [5.41, 5.74) is 0.443. The molecule has 1 heterocycles. The van der Waals surface area contributed by atoms with Crippen molar-refractivity contribution in [3.05, 3.63) is 0 Å². The minimum atomic E-state index is 0.443. The lowest BCUT2D eigenvalue weighted by Gasteiger charge is -2.28. The summed E-state index contributed by atoms with van der Waals surface area (Å²) in [4.78, 5) is 4.64. The van der Waals surface area contributed by atoms with Crippen LogP contribution in [0.25, 0.3) is 0 Å². The molecule has 2 atom stereocenters. The van der Waals surface area contributed by atoms with Crippen LogP contribution < -0.4 is 5.32 Å². The van der Waals surface area contributed by atoms with Crippen LogP contribution >= 0.6 is 11.8 Å². The Balaban J connectivity index is 1.88. The Morgan fingerprint density at radius 3 is 2.69 bits per heavy atom. The normalized spacial score (nSPS) is 33.2. The molecule has 0 bridgehead atoms. The topological polar surface area (TPSA) is 24.4 Å². The maximum Gasteiger partial charge on any atom is 0.157 e. The smallest absolute Gasteiger partial charge is 0.157 e. The molecule has 2 nitrogen and oxygen atoms in total. The molecule has 0 saturated heterocycles. The van der Waals surface area contributed by atoms with Crippen molar-refractivity contribution in [1.29, 1.82) is 0 Å². The van der Waals surface area contributed by atoms with E-state index in [0.29, 0.717) is 16.7 Å². The molecular weight excluding hydrogens is 216 g/mol. The average Bonchev–Trinajstić information content (AvgIpc) is 2.75. The summed E-state index contributed by atoms with van der Waals surface area (Å²) in [6.07, 6.45) is 4.01. The second kappa shape index (κ2) is 4.59. The number of amidine groups is 1. The zero-order valence-corrected chi connectivity index (χ0v) is 11.7. The summed E-state index contributed by atoms with van der Waals surface area (Å²) in [7, 11) is 0. The number of thioether (sulfide) groups is 1. The van der Waals surface area contributed by atoms with Gasteiger partial charge in [-0.15, -0.1) is 0 Å². The monoisotopic (exact) mass is 240 g/mol. The first-order valence-electron chi connectivity index (χ1n) is 6.47. The van der Waals surface area contributed by atoms with Crippen LogP contribution in [0, 0.1) is 11.3 Å². The van der Waals surface area contributed by atoms with Gasteiger partial charge in [0.25, 0.3) is 0 Å². The maximum absolute atomic E-state index is 4.64. The van der Waals surface area contributed by atoms with Crippen LogP contribution in [0.3, 0.4) is 0 Å². The van der Waals surface area contributed by atoms with Gasteiger partial charge in [0, 0.05) is 11.3 Å². The molecule has 3 heteroatoms. The highest BCUT2D eigenvalue weighted by atomic mass is 32.2. The predicted molar refractivity (Wildman–Crippen MR) is 73.1 cm³/mol. The summed E-state index contributed by atoms with van der Waals surface area (Å²) < 4.78 is 0. The zero-order chi connectivity index (χ0) is 11.8. The molecule has 2 unspecified atom stereocenters. The molecule has 1 N–H and O–H groups in total. The van der Waals surface area contributed by atoms with Gasteiger partial charge in [-0.3, -0.25) is 4.99 Å². The second-order valence-corrected chi connectivity index (χ2v) is 7.35. The number of hydrogen-bond acceptors (Lipinski definition) is 3. The number of nitrogens with one attached hydrogen (secondary N) is 1. The number of nitrogens with zero attached hydrogens (tertiary/aromatic N) is 1. The quantitative estimate of drug-likeness (QED) is 0.801. The molecule has 0 amide bonds. The van der Waals surface area contributed by atoms with Gasteiger partial charge in [-0.1, -0.05) is 45.9 Å². The van der Waals surface area contributed by atoms with E-state index in [9.17, 15) is 0 Å². The Morgan fingerprint density at radius 1 is 1.44 bits per heavy atom. The molecule has 1 fully saturated rings. The molecule has 1 aliphatic carbocycles. The SMILES string of the molecule is CC(C)C1CN=C(NC2CCCC2(C)C)S1. The zero-order valence-electron chi connectivity index (χ0n) is 10.9. The van der Waals surface area contributed by atoms with Crippen molar-refractivity contribution in [1.82, 2.24) is 5.32 Å². The highest BCUT2D eigenvalue weighted by Gasteiger charge is 2.36. The van der Waals surface area contributed by atoms with Crippen molar-refractivity contribution in [3.63, 3.8) is 0 Å². The third kappa shape index (κ3) is 2.55. The lowest BCUT2D eigenvalue weighted by molar-refractivity contribution is 0.312. The Kier molecular flexibility index (Phi) is 3.53. The van der Waals surface area contributed by atoms with Crippen LogP contribution in [0.15, 0.2) is 4.99 Å². The van der Waals surface area contributed by atoms with Crippen LogP contribution in [0.2, 0.25) is 0 Å². The molecule has 2 rings (SSSR count). The molecule has 0 spiro atoms. The highest BCUT2D eigenvalue weighted by molar-refractivity contribution is 8.14. The predicted octanol–water partition coefficient (Wildman–Crippen LogP) is 3.28. The van der Waals surface area contributed by atoms with Gasteiger partial charge in [-0.05, 0) is 24.2 Å². The van der Waals surface area contributed by atoms with E-state index in [4.69, 9.17) is 0 Å². The van der Waals surface area contributed by atoms with Crippen molar-refractivity contribution in [2.45, 2.75) is 58.2 Å². The standard InChI is InChI=1S/C13H24N2S/c1-9(2)10-8-14-12(16-10)15-11-6-5-7-13(11,3)4/h9-11H,5-8H2,1-4H3,(H,14,15). The lowest BCUT2D eigenvalue weighted by Crippen LogP contribution is -2.40. The van der Waals surface area contributed by atoms with Crippen molar-refractivity contribution >= 4 is 16.9 Å². The first kappa shape index (κ1) is 12.3. The fourth-order valence-electron chi connectivity index (χ4n) is 2.56. The van der Waals surface area contributed by atoms with Crippen molar-refractivity contribution in [2.24, 2.45) is 16.3 Å². The van der Waals surface area contributed by atoms with E-state index in [1.807, 2.05) is 11.8 Å². The molecule has 0 aromatic carbocycles. The van der Waals surface area contributed by atoms with E-state index in [0.717, 1.165) is 12.5 Å². The third-order valence-electron chi connectivity index (χ3n) is 3.98. The summed E-state index contributed by atoms with van der Waals surface area (Å²) in [5.74, 6) is 0.727. The van der Waals surface area contributed by atoms with Gasteiger partial charge in [0.2, 0.25) is 0 Å². The fraction of sp³-hybridized carbons (Fsp3) is 0.923. The maximum atomic E-state index is 4.64. The fourth-order valence-corrected chi connectivity index (χ4v) is 3.63. The molecule has 1 aliphatic heterocycles. The minimum Gasteiger partial charge on any atom is -0.362 e. The van der Waals surface area contributed by atoms with Gasteiger partial charge in [0.05, 0.1) is 6.54 Å². The third-order valence-corrected chi connectivity index (χ3v) is 5.44. The summed E-state index contributed by atoms with van der Waals surface area (Å²) >= 11 is 1.95. The van der Waals surface area contributed by atoms with E-state index in [-0.39, 0.29) is 0 Å². The average molecular weight is 240 g/mol. The Hall–Kier alpha value is -0.180. The summed E-state index contributed by atoms with van der Waals surface area (Å²) in [6.45, 7) is 10.3. The van der Waals surface area contributed by atoms with Crippen LogP contribution in [0.5, 0.6) is 0 Å². The lowest BCUT2D eigenvalue weighted by atomic mass is 9.87. The molecule has 0 aromatic heterocycles. The summed E-state index contributed by atoms with van der Waals surface area (Å²) in [5, 5.41) is 5.55. The molecular formula is C13H24N2S. The van der Waals surface area contributed by atoms with Crippen molar-refractivity contribution in [3.8, 4) is 0 Å².